The lowest BCUT2D eigenvalue weighted by atomic mass is 9.82. The van der Waals surface area contributed by atoms with Crippen LogP contribution in [-0.4, -0.2) is 28.3 Å². The fraction of sp³-hybridized carbons (Fsp3) is 0.385. The molecule has 2 N–H and O–H groups in total. The Morgan fingerprint density at radius 2 is 1.89 bits per heavy atom. The zero-order valence-corrected chi connectivity index (χ0v) is 20.4. The van der Waals surface area contributed by atoms with Gasteiger partial charge in [0.2, 0.25) is 0 Å². The highest BCUT2D eigenvalue weighted by molar-refractivity contribution is 6.34. The Hall–Kier alpha value is -2.84. The zero-order valence-electron chi connectivity index (χ0n) is 19.6. The highest BCUT2D eigenvalue weighted by Crippen LogP contribution is 2.41. The van der Waals surface area contributed by atoms with E-state index in [2.05, 4.69) is 15.7 Å². The number of halogens is 4. The number of alkyl halides is 3. The van der Waals surface area contributed by atoms with Crippen molar-refractivity contribution in [1.29, 1.82) is 0 Å². The number of carbonyl (C=O) groups excluding carboxylic acids is 1. The molecule has 1 aliphatic rings. The molecule has 1 atom stereocenters. The molecule has 0 bridgehead atoms. The average Bonchev–Trinajstić information content (AvgIpc) is 3.52. The van der Waals surface area contributed by atoms with Gasteiger partial charge in [0.1, 0.15) is 0 Å². The maximum Gasteiger partial charge on any atom is 0.417 e. The molecule has 0 aliphatic heterocycles. The molecule has 1 aromatic heterocycles. The van der Waals surface area contributed by atoms with Gasteiger partial charge in [0.15, 0.2) is 0 Å². The summed E-state index contributed by atoms with van der Waals surface area (Å²) in [6, 6.07) is 10.8. The van der Waals surface area contributed by atoms with Crippen LogP contribution in [-0.2, 0) is 12.7 Å². The summed E-state index contributed by atoms with van der Waals surface area (Å²) in [5, 5.41) is 10.2. The number of aryl methyl sites for hydroxylation is 1. The van der Waals surface area contributed by atoms with Crippen molar-refractivity contribution in [2.45, 2.75) is 56.9 Å². The predicted molar refractivity (Wildman–Crippen MR) is 130 cm³/mol. The van der Waals surface area contributed by atoms with Crippen molar-refractivity contribution in [2.75, 3.05) is 7.05 Å². The van der Waals surface area contributed by atoms with Crippen LogP contribution in [0.5, 0.6) is 0 Å². The molecule has 1 saturated carbocycles. The molecule has 1 amide bonds. The highest BCUT2D eigenvalue weighted by Gasteiger charge is 2.42. The first kappa shape index (κ1) is 25.3. The molecular formula is C26H28ClF3N4O. The van der Waals surface area contributed by atoms with E-state index in [0.717, 1.165) is 55.0 Å². The van der Waals surface area contributed by atoms with Gasteiger partial charge in [0, 0.05) is 23.8 Å². The Bertz CT molecular complexity index is 1200. The van der Waals surface area contributed by atoms with Crippen LogP contribution in [0.1, 0.15) is 60.1 Å². The van der Waals surface area contributed by atoms with Crippen molar-refractivity contribution < 1.29 is 18.0 Å². The molecule has 2 aromatic carbocycles. The first-order valence-corrected chi connectivity index (χ1v) is 12.0. The molecule has 0 saturated heterocycles. The lowest BCUT2D eigenvalue weighted by Gasteiger charge is -2.38. The molecule has 4 rings (SSSR count). The second-order valence-electron chi connectivity index (χ2n) is 8.89. The molecular weight excluding hydrogens is 477 g/mol. The van der Waals surface area contributed by atoms with E-state index in [4.69, 9.17) is 11.6 Å². The third kappa shape index (κ3) is 5.09. The summed E-state index contributed by atoms with van der Waals surface area (Å²) < 4.78 is 42.0. The summed E-state index contributed by atoms with van der Waals surface area (Å²) in [6.45, 7) is 2.76. The third-order valence-corrected chi connectivity index (χ3v) is 7.29. The van der Waals surface area contributed by atoms with Crippen molar-refractivity contribution in [3.8, 4) is 11.1 Å². The third-order valence-electron chi connectivity index (χ3n) is 6.88. The number of aromatic nitrogens is 2. The topological polar surface area (TPSA) is 59.0 Å². The molecule has 0 spiro atoms. The van der Waals surface area contributed by atoms with E-state index in [1.54, 1.807) is 6.20 Å². The van der Waals surface area contributed by atoms with Gasteiger partial charge < -0.3 is 10.6 Å². The predicted octanol–water partition coefficient (Wildman–Crippen LogP) is 6.25. The van der Waals surface area contributed by atoms with Crippen LogP contribution in [0.4, 0.5) is 13.2 Å². The van der Waals surface area contributed by atoms with Crippen molar-refractivity contribution in [3.05, 3.63) is 76.6 Å². The largest absolute Gasteiger partial charge is 0.417 e. The van der Waals surface area contributed by atoms with E-state index in [-0.39, 0.29) is 5.56 Å². The number of benzene rings is 2. The Balaban J connectivity index is 1.73. The van der Waals surface area contributed by atoms with Crippen LogP contribution in [0.2, 0.25) is 5.02 Å². The van der Waals surface area contributed by atoms with Gasteiger partial charge in [-0.3, -0.25) is 9.48 Å². The quantitative estimate of drug-likeness (QED) is 0.400. The van der Waals surface area contributed by atoms with Crippen LogP contribution in [0.25, 0.3) is 11.1 Å². The molecule has 35 heavy (non-hydrogen) atoms. The normalized spacial score (nSPS) is 16.3. The SMILES string of the molecule is CCn1cc(-c2cccc(C(NC(=O)c3cccc(C(F)(F)F)c3Cl)C3(NC)CCCC3)c2)cn1. The van der Waals surface area contributed by atoms with Gasteiger partial charge in [-0.15, -0.1) is 0 Å². The smallest absolute Gasteiger partial charge is 0.343 e. The minimum atomic E-state index is -4.65. The van der Waals surface area contributed by atoms with E-state index in [9.17, 15) is 18.0 Å². The standard InChI is InChI=1S/C26H28ClF3N4O/c1-3-34-16-19(15-32-34)17-8-6-9-18(14-17)23(25(31-2)12-4-5-13-25)33-24(35)20-10-7-11-21(22(20)27)26(28,29)30/h6-11,14-16,23,31H,3-5,12-13H2,1-2H3,(H,33,35). The molecule has 3 aromatic rings. The summed E-state index contributed by atoms with van der Waals surface area (Å²) in [6.07, 6.45) is 2.72. The molecule has 0 radical (unpaired) electrons. The van der Waals surface area contributed by atoms with Crippen LogP contribution >= 0.6 is 11.6 Å². The Kier molecular flexibility index (Phi) is 7.24. The monoisotopic (exact) mass is 504 g/mol. The lowest BCUT2D eigenvalue weighted by molar-refractivity contribution is -0.137. The molecule has 5 nitrogen and oxygen atoms in total. The summed E-state index contributed by atoms with van der Waals surface area (Å²) in [4.78, 5) is 13.3. The summed E-state index contributed by atoms with van der Waals surface area (Å²) in [5.74, 6) is -0.642. The van der Waals surface area contributed by atoms with Crippen molar-refractivity contribution in [1.82, 2.24) is 20.4 Å². The van der Waals surface area contributed by atoms with Gasteiger partial charge in [0.05, 0.1) is 28.4 Å². The van der Waals surface area contributed by atoms with Crippen LogP contribution in [0, 0.1) is 0 Å². The number of hydrogen-bond donors (Lipinski definition) is 2. The fourth-order valence-corrected chi connectivity index (χ4v) is 5.27. The van der Waals surface area contributed by atoms with Gasteiger partial charge in [0.25, 0.3) is 5.91 Å². The van der Waals surface area contributed by atoms with Crippen molar-refractivity contribution in [2.24, 2.45) is 0 Å². The van der Waals surface area contributed by atoms with Crippen molar-refractivity contribution in [3.63, 3.8) is 0 Å². The molecule has 1 aliphatic carbocycles. The maximum atomic E-state index is 13.4. The molecule has 9 heteroatoms. The Morgan fingerprint density at radius 1 is 1.17 bits per heavy atom. The molecule has 186 valence electrons. The summed E-state index contributed by atoms with van der Waals surface area (Å²) in [7, 11) is 1.86. The zero-order chi connectivity index (χ0) is 25.2. The van der Waals surface area contributed by atoms with Gasteiger partial charge in [-0.1, -0.05) is 48.7 Å². The average molecular weight is 505 g/mol. The van der Waals surface area contributed by atoms with Gasteiger partial charge in [-0.2, -0.15) is 18.3 Å². The Labute approximate surface area is 207 Å². The summed E-state index contributed by atoms with van der Waals surface area (Å²) in [5.41, 5.74) is 1.10. The van der Waals surface area contributed by atoms with Crippen molar-refractivity contribution >= 4 is 17.5 Å². The second kappa shape index (κ2) is 10.0. The van der Waals surface area contributed by atoms with E-state index in [0.29, 0.717) is 0 Å². The van der Waals surface area contributed by atoms with Crippen LogP contribution in [0.3, 0.4) is 0 Å². The van der Waals surface area contributed by atoms with Gasteiger partial charge in [-0.05, 0) is 56.1 Å². The molecule has 1 unspecified atom stereocenters. The fourth-order valence-electron chi connectivity index (χ4n) is 4.95. The summed E-state index contributed by atoms with van der Waals surface area (Å²) >= 11 is 6.06. The number of nitrogens with one attached hydrogen (secondary N) is 2. The number of amides is 1. The number of likely N-dealkylation sites (N-methyl/N-ethyl adjacent to an activating group) is 1. The minimum absolute atomic E-state index is 0.198. The first-order chi connectivity index (χ1) is 16.7. The number of hydrogen-bond acceptors (Lipinski definition) is 3. The van der Waals surface area contributed by atoms with E-state index in [1.165, 1.54) is 12.1 Å². The Morgan fingerprint density at radius 3 is 2.51 bits per heavy atom. The van der Waals surface area contributed by atoms with Crippen LogP contribution in [0.15, 0.2) is 54.9 Å². The minimum Gasteiger partial charge on any atom is -0.343 e. The lowest BCUT2D eigenvalue weighted by Crippen LogP contribution is -2.52. The number of nitrogens with zero attached hydrogens (tertiary/aromatic N) is 2. The van der Waals surface area contributed by atoms with E-state index >= 15 is 0 Å². The maximum absolute atomic E-state index is 13.4. The second-order valence-corrected chi connectivity index (χ2v) is 9.27. The molecule has 1 fully saturated rings. The van der Waals surface area contributed by atoms with Gasteiger partial charge in [-0.25, -0.2) is 0 Å². The molecule has 1 heterocycles. The van der Waals surface area contributed by atoms with Crippen LogP contribution < -0.4 is 10.6 Å². The highest BCUT2D eigenvalue weighted by atomic mass is 35.5. The van der Waals surface area contributed by atoms with E-state index < -0.39 is 34.3 Å². The first-order valence-electron chi connectivity index (χ1n) is 11.7. The van der Waals surface area contributed by atoms with E-state index in [1.807, 2.05) is 49.1 Å². The van der Waals surface area contributed by atoms with Gasteiger partial charge >= 0.3 is 6.18 Å². The number of rotatable bonds is 7. The number of carbonyl (C=O) groups is 1.